The van der Waals surface area contributed by atoms with Crippen LogP contribution in [0.25, 0.3) is 0 Å². The number of benzene rings is 1. The number of nitrogens with one attached hydrogen (secondary N) is 2. The number of hydrogen-bond donors (Lipinski definition) is 2. The number of carbonyl (C=O) groups is 1. The van der Waals surface area contributed by atoms with Gasteiger partial charge in [-0.25, -0.2) is 0 Å². The molecular weight excluding hydrogens is 377 g/mol. The van der Waals surface area contributed by atoms with Gasteiger partial charge in [0.15, 0.2) is 0 Å². The summed E-state index contributed by atoms with van der Waals surface area (Å²) >= 11 is 2.25. The van der Waals surface area contributed by atoms with Crippen molar-refractivity contribution < 1.29 is 4.79 Å². The first kappa shape index (κ1) is 16.7. The Morgan fingerprint density at radius 2 is 2.38 bits per heavy atom. The van der Waals surface area contributed by atoms with Crippen LogP contribution in [0.15, 0.2) is 24.3 Å². The van der Waals surface area contributed by atoms with E-state index in [1.165, 1.54) is 12.8 Å². The van der Waals surface area contributed by atoms with Crippen molar-refractivity contribution in [3.63, 3.8) is 0 Å². The van der Waals surface area contributed by atoms with Crippen molar-refractivity contribution in [2.24, 2.45) is 5.92 Å². The molecule has 1 heterocycles. The predicted molar refractivity (Wildman–Crippen MR) is 95.5 cm³/mol. The van der Waals surface area contributed by atoms with Gasteiger partial charge in [-0.15, -0.1) is 0 Å². The van der Waals surface area contributed by atoms with Crippen LogP contribution in [-0.4, -0.2) is 43.5 Å². The van der Waals surface area contributed by atoms with Gasteiger partial charge in [0.25, 0.3) is 0 Å². The molecular formula is C16H24IN3O. The van der Waals surface area contributed by atoms with E-state index in [1.807, 2.05) is 24.3 Å². The first-order valence-electron chi connectivity index (χ1n) is 7.66. The van der Waals surface area contributed by atoms with Crippen molar-refractivity contribution in [1.82, 2.24) is 10.2 Å². The minimum atomic E-state index is 0.0719. The zero-order valence-electron chi connectivity index (χ0n) is 12.6. The summed E-state index contributed by atoms with van der Waals surface area (Å²) in [5.41, 5.74) is 0.877. The molecule has 0 aromatic heterocycles. The molecule has 1 aromatic carbocycles. The molecule has 1 amide bonds. The van der Waals surface area contributed by atoms with Gasteiger partial charge in [0.1, 0.15) is 0 Å². The maximum atomic E-state index is 12.2. The molecule has 5 heteroatoms. The van der Waals surface area contributed by atoms with Crippen molar-refractivity contribution in [3.8, 4) is 0 Å². The van der Waals surface area contributed by atoms with Gasteiger partial charge in [-0.2, -0.15) is 0 Å². The van der Waals surface area contributed by atoms with Gasteiger partial charge in [-0.05, 0) is 79.2 Å². The van der Waals surface area contributed by atoms with E-state index >= 15 is 0 Å². The number of carbonyl (C=O) groups excluding carboxylic acids is 1. The minimum absolute atomic E-state index is 0.0719. The van der Waals surface area contributed by atoms with Crippen LogP contribution in [0, 0.1) is 9.49 Å². The molecule has 4 nitrogen and oxygen atoms in total. The number of amides is 1. The van der Waals surface area contributed by atoms with E-state index < -0.39 is 0 Å². The topological polar surface area (TPSA) is 44.4 Å². The summed E-state index contributed by atoms with van der Waals surface area (Å²) in [5, 5.41) is 6.42. The summed E-state index contributed by atoms with van der Waals surface area (Å²) in [6.07, 6.45) is 2.51. The lowest BCUT2D eigenvalue weighted by Gasteiger charge is -2.29. The summed E-state index contributed by atoms with van der Waals surface area (Å²) in [7, 11) is 0. The molecule has 2 rings (SSSR count). The number of piperidine rings is 1. The number of rotatable bonds is 6. The third-order valence-electron chi connectivity index (χ3n) is 3.84. The first-order valence-corrected chi connectivity index (χ1v) is 8.73. The van der Waals surface area contributed by atoms with Gasteiger partial charge < -0.3 is 10.6 Å². The SMILES string of the molecule is CCN(CC(=O)Nc1cccc(I)c1)CC1CCCNC1. The largest absolute Gasteiger partial charge is 0.325 e. The van der Waals surface area contributed by atoms with Crippen LogP contribution in [0.5, 0.6) is 0 Å². The van der Waals surface area contributed by atoms with Crippen LogP contribution in [0.2, 0.25) is 0 Å². The van der Waals surface area contributed by atoms with E-state index in [2.05, 4.69) is 45.0 Å². The highest BCUT2D eigenvalue weighted by molar-refractivity contribution is 14.1. The molecule has 0 radical (unpaired) electrons. The van der Waals surface area contributed by atoms with Crippen molar-refractivity contribution in [1.29, 1.82) is 0 Å². The van der Waals surface area contributed by atoms with Crippen molar-refractivity contribution >= 4 is 34.2 Å². The first-order chi connectivity index (χ1) is 10.2. The number of anilines is 1. The Balaban J connectivity index is 1.81. The second-order valence-electron chi connectivity index (χ2n) is 5.60. The van der Waals surface area contributed by atoms with E-state index in [9.17, 15) is 4.79 Å². The lowest BCUT2D eigenvalue weighted by Crippen LogP contribution is -2.41. The molecule has 2 N–H and O–H groups in total. The van der Waals surface area contributed by atoms with Gasteiger partial charge in [-0.3, -0.25) is 9.69 Å². The third-order valence-corrected chi connectivity index (χ3v) is 4.51. The molecule has 1 aliphatic rings. The quantitative estimate of drug-likeness (QED) is 0.721. The zero-order chi connectivity index (χ0) is 15.1. The van der Waals surface area contributed by atoms with Crippen molar-refractivity contribution in [2.45, 2.75) is 19.8 Å². The molecule has 1 atom stereocenters. The lowest BCUT2D eigenvalue weighted by molar-refractivity contribution is -0.117. The average Bonchev–Trinajstić information content (AvgIpc) is 2.47. The molecule has 1 saturated heterocycles. The van der Waals surface area contributed by atoms with Crippen molar-refractivity contribution in [2.75, 3.05) is 38.0 Å². The molecule has 0 spiro atoms. The highest BCUT2D eigenvalue weighted by Crippen LogP contribution is 2.14. The fourth-order valence-corrected chi connectivity index (χ4v) is 3.26. The smallest absolute Gasteiger partial charge is 0.238 e. The Hall–Kier alpha value is -0.660. The fourth-order valence-electron chi connectivity index (χ4n) is 2.72. The Morgan fingerprint density at radius 3 is 3.05 bits per heavy atom. The van der Waals surface area contributed by atoms with Crippen LogP contribution in [0.3, 0.4) is 0 Å². The standard InChI is InChI=1S/C16H24IN3O/c1-2-20(11-13-5-4-8-18-10-13)12-16(21)19-15-7-3-6-14(17)9-15/h3,6-7,9,13,18H,2,4-5,8,10-12H2,1H3,(H,19,21). The second kappa shape index (κ2) is 8.70. The molecule has 1 aliphatic heterocycles. The van der Waals surface area contributed by atoms with Gasteiger partial charge in [0, 0.05) is 15.8 Å². The molecule has 0 aliphatic carbocycles. The predicted octanol–water partition coefficient (Wildman–Crippen LogP) is 2.55. The molecule has 116 valence electrons. The van der Waals surface area contributed by atoms with Gasteiger partial charge >= 0.3 is 0 Å². The van der Waals surface area contributed by atoms with Gasteiger partial charge in [0.2, 0.25) is 5.91 Å². The highest BCUT2D eigenvalue weighted by atomic mass is 127. The van der Waals surface area contributed by atoms with E-state index in [1.54, 1.807) is 0 Å². The molecule has 1 aromatic rings. The third kappa shape index (κ3) is 5.92. The molecule has 1 fully saturated rings. The molecule has 21 heavy (non-hydrogen) atoms. The van der Waals surface area contributed by atoms with E-state index in [-0.39, 0.29) is 5.91 Å². The molecule has 0 bridgehead atoms. The van der Waals surface area contributed by atoms with Crippen LogP contribution >= 0.6 is 22.6 Å². The number of hydrogen-bond acceptors (Lipinski definition) is 3. The summed E-state index contributed by atoms with van der Waals surface area (Å²) in [6.45, 7) is 6.72. The Kier molecular flexibility index (Phi) is 6.92. The summed E-state index contributed by atoms with van der Waals surface area (Å²) < 4.78 is 1.13. The van der Waals surface area contributed by atoms with Crippen LogP contribution in [0.4, 0.5) is 5.69 Å². The summed E-state index contributed by atoms with van der Waals surface area (Å²) in [6, 6.07) is 7.90. The highest BCUT2D eigenvalue weighted by Gasteiger charge is 2.17. The zero-order valence-corrected chi connectivity index (χ0v) is 14.7. The maximum Gasteiger partial charge on any atom is 0.238 e. The average molecular weight is 401 g/mol. The number of halogens is 1. The lowest BCUT2D eigenvalue weighted by atomic mass is 9.99. The monoisotopic (exact) mass is 401 g/mol. The van der Waals surface area contributed by atoms with E-state index in [4.69, 9.17) is 0 Å². The number of likely N-dealkylation sites (N-methyl/N-ethyl adjacent to an activating group) is 1. The Morgan fingerprint density at radius 1 is 1.52 bits per heavy atom. The Bertz CT molecular complexity index is 461. The van der Waals surface area contributed by atoms with Gasteiger partial charge in [0.05, 0.1) is 6.54 Å². The molecule has 1 unspecified atom stereocenters. The normalized spacial score (nSPS) is 18.7. The van der Waals surface area contributed by atoms with Gasteiger partial charge in [-0.1, -0.05) is 13.0 Å². The van der Waals surface area contributed by atoms with E-state index in [0.717, 1.165) is 35.4 Å². The number of nitrogens with zero attached hydrogens (tertiary/aromatic N) is 1. The minimum Gasteiger partial charge on any atom is -0.325 e. The maximum absolute atomic E-state index is 12.2. The van der Waals surface area contributed by atoms with Crippen LogP contribution < -0.4 is 10.6 Å². The summed E-state index contributed by atoms with van der Waals surface area (Å²) in [5.74, 6) is 0.742. The van der Waals surface area contributed by atoms with Crippen LogP contribution in [-0.2, 0) is 4.79 Å². The summed E-state index contributed by atoms with van der Waals surface area (Å²) in [4.78, 5) is 14.4. The van der Waals surface area contributed by atoms with E-state index in [0.29, 0.717) is 12.5 Å². The second-order valence-corrected chi connectivity index (χ2v) is 6.84. The molecule has 0 saturated carbocycles. The fraction of sp³-hybridized carbons (Fsp3) is 0.562. The van der Waals surface area contributed by atoms with Crippen LogP contribution in [0.1, 0.15) is 19.8 Å². The van der Waals surface area contributed by atoms with Crippen molar-refractivity contribution in [3.05, 3.63) is 27.8 Å². The Labute approximate surface area is 140 Å².